The highest BCUT2D eigenvalue weighted by Crippen LogP contribution is 2.19. The van der Waals surface area contributed by atoms with E-state index in [0.29, 0.717) is 22.7 Å². The fourth-order valence-corrected chi connectivity index (χ4v) is 2.10. The third-order valence-corrected chi connectivity index (χ3v) is 3.24. The van der Waals surface area contributed by atoms with Gasteiger partial charge in [0.1, 0.15) is 12.1 Å². The summed E-state index contributed by atoms with van der Waals surface area (Å²) in [5.41, 5.74) is 1.92. The molecule has 10 nitrogen and oxygen atoms in total. The number of amides is 3. The molecule has 0 atom stereocenters. The quantitative estimate of drug-likeness (QED) is 0.740. The first-order valence-corrected chi connectivity index (χ1v) is 7.46. The van der Waals surface area contributed by atoms with Crippen molar-refractivity contribution in [2.45, 2.75) is 13.5 Å². The Balaban J connectivity index is 1.61. The fraction of sp³-hybridized carbons (Fsp3) is 0.267. The first-order chi connectivity index (χ1) is 11.9. The van der Waals surface area contributed by atoms with Crippen molar-refractivity contribution in [3.63, 3.8) is 0 Å². The molecule has 0 radical (unpaired) electrons. The van der Waals surface area contributed by atoms with Gasteiger partial charge in [-0.15, -0.1) is 5.10 Å². The zero-order chi connectivity index (χ0) is 18.0. The van der Waals surface area contributed by atoms with E-state index >= 15 is 0 Å². The molecule has 0 aliphatic heterocycles. The monoisotopic (exact) mass is 343 g/mol. The Morgan fingerprint density at radius 3 is 2.84 bits per heavy atom. The molecule has 2 aromatic heterocycles. The van der Waals surface area contributed by atoms with Gasteiger partial charge in [-0.2, -0.15) is 9.90 Å². The first-order valence-electron chi connectivity index (χ1n) is 7.46. The first kappa shape index (κ1) is 16.4. The summed E-state index contributed by atoms with van der Waals surface area (Å²) < 4.78 is 5.39. The van der Waals surface area contributed by atoms with Crippen LogP contribution in [0, 0.1) is 6.92 Å². The minimum Gasteiger partial charge on any atom is -0.441 e. The molecule has 2 N–H and O–H groups in total. The van der Waals surface area contributed by atoms with Crippen molar-refractivity contribution in [3.05, 3.63) is 30.3 Å². The van der Waals surface area contributed by atoms with Gasteiger partial charge in [0.25, 0.3) is 0 Å². The molecule has 25 heavy (non-hydrogen) atoms. The molecule has 0 bridgehead atoms. The number of aryl methyl sites for hydroxylation is 1. The van der Waals surface area contributed by atoms with Crippen LogP contribution in [0.1, 0.15) is 5.89 Å². The van der Waals surface area contributed by atoms with Crippen LogP contribution in [0.25, 0.3) is 11.1 Å². The van der Waals surface area contributed by atoms with Crippen LogP contribution >= 0.6 is 0 Å². The number of oxazole rings is 1. The van der Waals surface area contributed by atoms with Gasteiger partial charge in [0, 0.05) is 26.7 Å². The molecule has 0 aliphatic carbocycles. The van der Waals surface area contributed by atoms with Crippen LogP contribution in [-0.4, -0.2) is 50.9 Å². The predicted octanol–water partition coefficient (Wildman–Crippen LogP) is 1.46. The molecule has 0 saturated carbocycles. The van der Waals surface area contributed by atoms with Crippen LogP contribution in [0.15, 0.2) is 28.8 Å². The van der Waals surface area contributed by atoms with Crippen molar-refractivity contribution in [1.29, 1.82) is 0 Å². The number of aromatic nitrogens is 4. The van der Waals surface area contributed by atoms with Crippen LogP contribution < -0.4 is 10.6 Å². The van der Waals surface area contributed by atoms with Gasteiger partial charge in [-0.3, -0.25) is 10.1 Å². The predicted molar refractivity (Wildman–Crippen MR) is 90.1 cm³/mol. The summed E-state index contributed by atoms with van der Waals surface area (Å²) in [5, 5.41) is 13.3. The van der Waals surface area contributed by atoms with Crippen LogP contribution in [0.4, 0.5) is 16.3 Å². The summed E-state index contributed by atoms with van der Waals surface area (Å²) in [6.45, 7) is 1.67. The summed E-state index contributed by atoms with van der Waals surface area (Å²) in [7, 11) is 3.22. The van der Waals surface area contributed by atoms with E-state index in [1.54, 1.807) is 39.2 Å². The van der Waals surface area contributed by atoms with E-state index in [4.69, 9.17) is 4.42 Å². The van der Waals surface area contributed by atoms with Crippen molar-refractivity contribution in [2.24, 2.45) is 0 Å². The van der Waals surface area contributed by atoms with Gasteiger partial charge >= 0.3 is 6.03 Å². The van der Waals surface area contributed by atoms with Gasteiger partial charge in [0.15, 0.2) is 17.3 Å². The van der Waals surface area contributed by atoms with Gasteiger partial charge in [-0.25, -0.2) is 9.78 Å². The minimum absolute atomic E-state index is 0.0896. The Bertz CT molecular complexity index is 928. The molecule has 0 unspecified atom stereocenters. The number of rotatable bonds is 4. The maximum atomic E-state index is 12.1. The lowest BCUT2D eigenvalue weighted by Gasteiger charge is -2.09. The van der Waals surface area contributed by atoms with Crippen LogP contribution in [0.2, 0.25) is 0 Å². The molecule has 3 amide bonds. The lowest BCUT2D eigenvalue weighted by atomic mass is 10.3. The van der Waals surface area contributed by atoms with Gasteiger partial charge in [0.05, 0.1) is 6.20 Å². The Hall–Kier alpha value is -3.43. The number of carbonyl (C=O) groups excluding carboxylic acids is 2. The van der Waals surface area contributed by atoms with Crippen molar-refractivity contribution >= 4 is 34.5 Å². The van der Waals surface area contributed by atoms with Crippen molar-refractivity contribution < 1.29 is 14.0 Å². The van der Waals surface area contributed by atoms with Crippen molar-refractivity contribution in [2.75, 3.05) is 24.7 Å². The lowest BCUT2D eigenvalue weighted by molar-refractivity contribution is -0.117. The molecule has 2 heterocycles. The van der Waals surface area contributed by atoms with Gasteiger partial charge < -0.3 is 14.6 Å². The van der Waals surface area contributed by atoms with Crippen molar-refractivity contribution in [3.8, 4) is 0 Å². The van der Waals surface area contributed by atoms with E-state index in [1.165, 1.54) is 15.9 Å². The van der Waals surface area contributed by atoms with Gasteiger partial charge in [0.2, 0.25) is 5.91 Å². The number of carbonyl (C=O) groups is 2. The minimum atomic E-state index is -0.326. The second-order valence-electron chi connectivity index (χ2n) is 5.55. The second-order valence-corrected chi connectivity index (χ2v) is 5.55. The van der Waals surface area contributed by atoms with Crippen LogP contribution in [0.5, 0.6) is 0 Å². The number of nitrogens with zero attached hydrogens (tertiary/aromatic N) is 5. The average Bonchev–Trinajstić information content (AvgIpc) is 3.11. The molecular formula is C15H17N7O3. The van der Waals surface area contributed by atoms with E-state index < -0.39 is 0 Å². The second kappa shape index (κ2) is 6.59. The molecule has 3 aromatic rings. The van der Waals surface area contributed by atoms with E-state index in [2.05, 4.69) is 25.8 Å². The third-order valence-electron chi connectivity index (χ3n) is 3.24. The SMILES string of the molecule is Cc1nc2cc(NC(=O)Cn3ncc(NC(=O)N(C)C)n3)ccc2o1. The largest absolute Gasteiger partial charge is 0.441 e. The Labute approximate surface area is 142 Å². The normalized spacial score (nSPS) is 10.7. The molecule has 0 fully saturated rings. The molecule has 130 valence electrons. The Kier molecular flexibility index (Phi) is 4.33. The molecule has 0 saturated heterocycles. The van der Waals surface area contributed by atoms with E-state index in [1.807, 2.05) is 0 Å². The maximum Gasteiger partial charge on any atom is 0.322 e. The summed E-state index contributed by atoms with van der Waals surface area (Å²) in [5.74, 6) is 0.526. The Morgan fingerprint density at radius 1 is 1.28 bits per heavy atom. The fourth-order valence-electron chi connectivity index (χ4n) is 2.10. The third kappa shape index (κ3) is 3.91. The van der Waals surface area contributed by atoms with Crippen LogP contribution in [0.3, 0.4) is 0 Å². The summed E-state index contributed by atoms with van der Waals surface area (Å²) >= 11 is 0. The highest BCUT2D eigenvalue weighted by molar-refractivity contribution is 5.92. The zero-order valence-corrected chi connectivity index (χ0v) is 14.0. The van der Waals surface area contributed by atoms with E-state index in [0.717, 1.165) is 0 Å². The number of anilines is 2. The summed E-state index contributed by atoms with van der Waals surface area (Å²) in [6, 6.07) is 4.87. The maximum absolute atomic E-state index is 12.1. The highest BCUT2D eigenvalue weighted by atomic mass is 16.3. The lowest BCUT2D eigenvalue weighted by Crippen LogP contribution is -2.27. The highest BCUT2D eigenvalue weighted by Gasteiger charge is 2.11. The van der Waals surface area contributed by atoms with Gasteiger partial charge in [-0.1, -0.05) is 0 Å². The molecule has 1 aromatic carbocycles. The van der Waals surface area contributed by atoms with Gasteiger partial charge in [-0.05, 0) is 18.2 Å². The number of hydrogen-bond acceptors (Lipinski definition) is 6. The number of benzene rings is 1. The summed E-state index contributed by atoms with van der Waals surface area (Å²) in [4.78, 5) is 30.4. The van der Waals surface area contributed by atoms with E-state index in [-0.39, 0.29) is 24.3 Å². The average molecular weight is 343 g/mol. The zero-order valence-electron chi connectivity index (χ0n) is 14.0. The molecule has 10 heteroatoms. The number of urea groups is 1. The molecule has 0 spiro atoms. The summed E-state index contributed by atoms with van der Waals surface area (Å²) in [6.07, 6.45) is 1.37. The number of hydrogen-bond donors (Lipinski definition) is 2. The number of nitrogens with one attached hydrogen (secondary N) is 2. The van der Waals surface area contributed by atoms with Crippen molar-refractivity contribution in [1.82, 2.24) is 24.9 Å². The molecular weight excluding hydrogens is 326 g/mol. The van der Waals surface area contributed by atoms with E-state index in [9.17, 15) is 9.59 Å². The van der Waals surface area contributed by atoms with Crippen LogP contribution in [-0.2, 0) is 11.3 Å². The smallest absolute Gasteiger partial charge is 0.322 e. The standard InChI is InChI=1S/C15H17N7O3/c1-9-17-11-6-10(4-5-12(11)25-9)18-14(23)8-22-16-7-13(20-22)19-15(24)21(2)3/h4-7H,8H2,1-3H3,(H,18,23)(H,19,20,24). The molecule has 0 aliphatic rings. The number of fused-ring (bicyclic) bond motifs is 1. The Morgan fingerprint density at radius 2 is 2.08 bits per heavy atom. The topological polar surface area (TPSA) is 118 Å². The molecule has 3 rings (SSSR count).